The third-order valence-electron chi connectivity index (χ3n) is 4.32. The molecular formula is C15H32N2. The molecule has 0 atom stereocenters. The maximum Gasteiger partial charge on any atom is 0.0109 e. The first-order chi connectivity index (χ1) is 8.30. The van der Waals surface area contributed by atoms with Gasteiger partial charge >= 0.3 is 0 Å². The number of hydrogen-bond donors (Lipinski definition) is 0. The van der Waals surface area contributed by atoms with Crippen molar-refractivity contribution in [3.8, 4) is 0 Å². The van der Waals surface area contributed by atoms with E-state index in [1.807, 2.05) is 0 Å². The van der Waals surface area contributed by atoms with Crippen LogP contribution < -0.4 is 0 Å². The Morgan fingerprint density at radius 3 is 1.82 bits per heavy atom. The van der Waals surface area contributed by atoms with Gasteiger partial charge in [-0.05, 0) is 38.4 Å². The van der Waals surface area contributed by atoms with Crippen LogP contribution in [-0.2, 0) is 0 Å². The molecule has 0 unspecified atom stereocenters. The predicted octanol–water partition coefficient (Wildman–Crippen LogP) is 3.23. The lowest BCUT2D eigenvalue weighted by atomic mass is 9.89. The van der Waals surface area contributed by atoms with Crippen LogP contribution in [0.1, 0.15) is 52.9 Å². The number of nitrogens with zero attached hydrogens (tertiary/aromatic N) is 2. The molecule has 0 amide bonds. The maximum absolute atomic E-state index is 2.66. The highest BCUT2D eigenvalue weighted by Crippen LogP contribution is 2.24. The van der Waals surface area contributed by atoms with Crippen molar-refractivity contribution in [1.82, 2.24) is 9.80 Å². The van der Waals surface area contributed by atoms with Gasteiger partial charge in [0.05, 0.1) is 0 Å². The van der Waals surface area contributed by atoms with Crippen LogP contribution in [0.3, 0.4) is 0 Å². The zero-order valence-electron chi connectivity index (χ0n) is 12.2. The Hall–Kier alpha value is -0.0800. The molecule has 0 aromatic heterocycles. The standard InChI is InChI=1S/C15H32N2/c1-4-16(5-2)12-13-17(6-3)14-15-10-8-7-9-11-15/h15H,4-14H2,1-3H3. The minimum absolute atomic E-state index is 0.986. The average Bonchev–Trinajstić information content (AvgIpc) is 2.39. The van der Waals surface area contributed by atoms with E-state index in [4.69, 9.17) is 0 Å². The van der Waals surface area contributed by atoms with Crippen molar-refractivity contribution >= 4 is 0 Å². The lowest BCUT2D eigenvalue weighted by molar-refractivity contribution is 0.179. The molecule has 1 aliphatic rings. The Morgan fingerprint density at radius 2 is 1.29 bits per heavy atom. The Balaban J connectivity index is 2.22. The number of hydrogen-bond acceptors (Lipinski definition) is 2. The molecule has 17 heavy (non-hydrogen) atoms. The molecule has 1 aliphatic carbocycles. The van der Waals surface area contributed by atoms with E-state index in [2.05, 4.69) is 30.6 Å². The summed E-state index contributed by atoms with van der Waals surface area (Å²) in [4.78, 5) is 5.19. The second kappa shape index (κ2) is 8.93. The minimum atomic E-state index is 0.986. The lowest BCUT2D eigenvalue weighted by Crippen LogP contribution is -2.37. The summed E-state index contributed by atoms with van der Waals surface area (Å²) in [6.07, 6.45) is 7.36. The van der Waals surface area contributed by atoms with Crippen LogP contribution in [0, 0.1) is 5.92 Å². The van der Waals surface area contributed by atoms with Crippen molar-refractivity contribution in [3.05, 3.63) is 0 Å². The van der Waals surface area contributed by atoms with Gasteiger partial charge in [0.2, 0.25) is 0 Å². The molecule has 0 N–H and O–H groups in total. The quantitative estimate of drug-likeness (QED) is 0.643. The molecule has 0 bridgehead atoms. The van der Waals surface area contributed by atoms with Crippen molar-refractivity contribution in [3.63, 3.8) is 0 Å². The zero-order valence-corrected chi connectivity index (χ0v) is 12.2. The largest absolute Gasteiger partial charge is 0.303 e. The second-order valence-electron chi connectivity index (χ2n) is 5.42. The SMILES string of the molecule is CCN(CC)CCN(CC)CC1CCCCC1. The first-order valence-electron chi connectivity index (χ1n) is 7.74. The van der Waals surface area contributed by atoms with Crippen molar-refractivity contribution in [2.24, 2.45) is 5.92 Å². The number of likely N-dealkylation sites (N-methyl/N-ethyl adjacent to an activating group) is 2. The van der Waals surface area contributed by atoms with Gasteiger partial charge in [-0.1, -0.05) is 40.0 Å². The molecule has 0 aromatic rings. The van der Waals surface area contributed by atoms with E-state index >= 15 is 0 Å². The van der Waals surface area contributed by atoms with E-state index in [1.54, 1.807) is 0 Å². The summed E-state index contributed by atoms with van der Waals surface area (Å²) < 4.78 is 0. The molecule has 0 radical (unpaired) electrons. The average molecular weight is 240 g/mol. The normalized spacial score (nSPS) is 18.2. The van der Waals surface area contributed by atoms with Crippen molar-refractivity contribution in [2.45, 2.75) is 52.9 Å². The third kappa shape index (κ3) is 5.87. The minimum Gasteiger partial charge on any atom is -0.303 e. The molecule has 0 aromatic carbocycles. The number of rotatable bonds is 8. The van der Waals surface area contributed by atoms with Gasteiger partial charge in [-0.2, -0.15) is 0 Å². The molecular weight excluding hydrogens is 208 g/mol. The zero-order chi connectivity index (χ0) is 12.5. The van der Waals surface area contributed by atoms with Gasteiger partial charge in [0.1, 0.15) is 0 Å². The highest BCUT2D eigenvalue weighted by molar-refractivity contribution is 4.70. The maximum atomic E-state index is 2.66. The van der Waals surface area contributed by atoms with Crippen LogP contribution >= 0.6 is 0 Å². The summed E-state index contributed by atoms with van der Waals surface area (Å²) in [5.74, 6) is 0.986. The fourth-order valence-electron chi connectivity index (χ4n) is 2.94. The summed E-state index contributed by atoms with van der Waals surface area (Å²) in [7, 11) is 0. The summed E-state index contributed by atoms with van der Waals surface area (Å²) >= 11 is 0. The fraction of sp³-hybridized carbons (Fsp3) is 1.00. The van der Waals surface area contributed by atoms with E-state index in [9.17, 15) is 0 Å². The molecule has 0 saturated heterocycles. The van der Waals surface area contributed by atoms with E-state index in [1.165, 1.54) is 71.4 Å². The Morgan fingerprint density at radius 1 is 0.765 bits per heavy atom. The smallest absolute Gasteiger partial charge is 0.0109 e. The Kier molecular flexibility index (Phi) is 7.87. The van der Waals surface area contributed by atoms with E-state index in [0.29, 0.717) is 0 Å². The lowest BCUT2D eigenvalue weighted by Gasteiger charge is -2.30. The Labute approximate surface area is 108 Å². The van der Waals surface area contributed by atoms with Gasteiger partial charge in [0.25, 0.3) is 0 Å². The van der Waals surface area contributed by atoms with E-state index in [0.717, 1.165) is 5.92 Å². The molecule has 1 saturated carbocycles. The molecule has 2 heteroatoms. The van der Waals surface area contributed by atoms with Gasteiger partial charge in [-0.3, -0.25) is 0 Å². The van der Waals surface area contributed by atoms with Gasteiger partial charge in [0.15, 0.2) is 0 Å². The molecule has 102 valence electrons. The third-order valence-corrected chi connectivity index (χ3v) is 4.32. The van der Waals surface area contributed by atoms with E-state index < -0.39 is 0 Å². The van der Waals surface area contributed by atoms with Crippen LogP contribution in [0.2, 0.25) is 0 Å². The highest BCUT2D eigenvalue weighted by atomic mass is 15.2. The van der Waals surface area contributed by atoms with Crippen molar-refractivity contribution < 1.29 is 0 Å². The topological polar surface area (TPSA) is 6.48 Å². The molecule has 2 nitrogen and oxygen atoms in total. The monoisotopic (exact) mass is 240 g/mol. The predicted molar refractivity (Wildman–Crippen MR) is 76.5 cm³/mol. The molecule has 0 spiro atoms. The van der Waals surface area contributed by atoms with Gasteiger partial charge in [0, 0.05) is 19.6 Å². The highest BCUT2D eigenvalue weighted by Gasteiger charge is 2.16. The summed E-state index contributed by atoms with van der Waals surface area (Å²) in [6.45, 7) is 14.3. The van der Waals surface area contributed by atoms with Crippen LogP contribution in [0.4, 0.5) is 0 Å². The first kappa shape index (κ1) is 15.0. The summed E-state index contributed by atoms with van der Waals surface area (Å²) in [6, 6.07) is 0. The van der Waals surface area contributed by atoms with Crippen LogP contribution in [0.25, 0.3) is 0 Å². The van der Waals surface area contributed by atoms with E-state index in [-0.39, 0.29) is 0 Å². The molecule has 0 aliphatic heterocycles. The Bertz CT molecular complexity index is 172. The van der Waals surface area contributed by atoms with Crippen LogP contribution in [-0.4, -0.2) is 49.1 Å². The van der Waals surface area contributed by atoms with Crippen LogP contribution in [0.5, 0.6) is 0 Å². The van der Waals surface area contributed by atoms with Gasteiger partial charge in [-0.25, -0.2) is 0 Å². The van der Waals surface area contributed by atoms with Crippen molar-refractivity contribution in [2.75, 3.05) is 39.3 Å². The molecule has 0 heterocycles. The summed E-state index contributed by atoms with van der Waals surface area (Å²) in [5.41, 5.74) is 0. The van der Waals surface area contributed by atoms with Crippen LogP contribution in [0.15, 0.2) is 0 Å². The fourth-order valence-corrected chi connectivity index (χ4v) is 2.94. The van der Waals surface area contributed by atoms with Crippen molar-refractivity contribution in [1.29, 1.82) is 0 Å². The first-order valence-corrected chi connectivity index (χ1v) is 7.74. The molecule has 1 fully saturated rings. The second-order valence-corrected chi connectivity index (χ2v) is 5.42. The summed E-state index contributed by atoms with van der Waals surface area (Å²) in [5, 5.41) is 0. The van der Waals surface area contributed by atoms with Gasteiger partial charge in [-0.15, -0.1) is 0 Å². The molecule has 1 rings (SSSR count). The van der Waals surface area contributed by atoms with Gasteiger partial charge < -0.3 is 9.80 Å².